The first-order valence-corrected chi connectivity index (χ1v) is 5.14. The standard InChI is InChI=1S/C11H11N3O2/c1-3-9(11-15-7-8-16-11)13-10(4-1)14-6-2-5-12-14/h1-6,11H,7-8H2. The highest BCUT2D eigenvalue weighted by atomic mass is 16.7. The molecule has 0 aliphatic carbocycles. The maximum absolute atomic E-state index is 5.40. The molecule has 5 heteroatoms. The fourth-order valence-corrected chi connectivity index (χ4v) is 1.63. The van der Waals surface area contributed by atoms with Crippen molar-refractivity contribution in [3.63, 3.8) is 0 Å². The predicted octanol–water partition coefficient (Wildman–Crippen LogP) is 1.31. The van der Waals surface area contributed by atoms with E-state index in [2.05, 4.69) is 10.1 Å². The van der Waals surface area contributed by atoms with Gasteiger partial charge in [0.2, 0.25) is 6.29 Å². The first kappa shape index (κ1) is 9.50. The maximum atomic E-state index is 5.40. The fraction of sp³-hybridized carbons (Fsp3) is 0.273. The molecule has 16 heavy (non-hydrogen) atoms. The molecule has 0 N–H and O–H groups in total. The van der Waals surface area contributed by atoms with Crippen LogP contribution in [0.4, 0.5) is 0 Å². The average molecular weight is 217 g/mol. The van der Waals surface area contributed by atoms with Crippen LogP contribution in [0.3, 0.4) is 0 Å². The van der Waals surface area contributed by atoms with E-state index in [1.54, 1.807) is 10.9 Å². The Morgan fingerprint density at radius 1 is 1.19 bits per heavy atom. The third-order valence-electron chi connectivity index (χ3n) is 2.36. The van der Waals surface area contributed by atoms with E-state index in [1.807, 2.05) is 30.5 Å². The monoisotopic (exact) mass is 217 g/mol. The molecule has 2 aromatic rings. The van der Waals surface area contributed by atoms with Crippen molar-refractivity contribution < 1.29 is 9.47 Å². The molecule has 0 radical (unpaired) electrons. The topological polar surface area (TPSA) is 49.2 Å². The van der Waals surface area contributed by atoms with Crippen molar-refractivity contribution in [2.24, 2.45) is 0 Å². The van der Waals surface area contributed by atoms with E-state index in [0.29, 0.717) is 13.2 Å². The summed E-state index contributed by atoms with van der Waals surface area (Å²) < 4.78 is 12.5. The number of hydrogen-bond acceptors (Lipinski definition) is 4. The van der Waals surface area contributed by atoms with E-state index >= 15 is 0 Å². The van der Waals surface area contributed by atoms with Crippen molar-refractivity contribution in [3.05, 3.63) is 42.4 Å². The summed E-state index contributed by atoms with van der Waals surface area (Å²) in [6.45, 7) is 1.25. The Bertz CT molecular complexity index is 464. The zero-order valence-electron chi connectivity index (χ0n) is 8.61. The van der Waals surface area contributed by atoms with Gasteiger partial charge in [-0.2, -0.15) is 5.10 Å². The van der Waals surface area contributed by atoms with Crippen LogP contribution in [0.1, 0.15) is 12.0 Å². The Labute approximate surface area is 92.6 Å². The molecule has 2 aromatic heterocycles. The number of hydrogen-bond donors (Lipinski definition) is 0. The molecule has 0 spiro atoms. The van der Waals surface area contributed by atoms with Crippen molar-refractivity contribution in [1.29, 1.82) is 0 Å². The van der Waals surface area contributed by atoms with Crippen LogP contribution in [-0.2, 0) is 9.47 Å². The molecule has 0 saturated carbocycles. The van der Waals surface area contributed by atoms with Gasteiger partial charge in [-0.1, -0.05) is 6.07 Å². The second-order valence-corrected chi connectivity index (χ2v) is 3.44. The molecule has 1 aliphatic heterocycles. The van der Waals surface area contributed by atoms with E-state index in [4.69, 9.17) is 9.47 Å². The molecule has 1 saturated heterocycles. The van der Waals surface area contributed by atoms with E-state index in [-0.39, 0.29) is 6.29 Å². The summed E-state index contributed by atoms with van der Waals surface area (Å²) >= 11 is 0. The molecule has 82 valence electrons. The Morgan fingerprint density at radius 3 is 2.81 bits per heavy atom. The Kier molecular flexibility index (Phi) is 2.40. The largest absolute Gasteiger partial charge is 0.345 e. The van der Waals surface area contributed by atoms with Crippen LogP contribution in [0, 0.1) is 0 Å². The van der Waals surface area contributed by atoms with Gasteiger partial charge < -0.3 is 9.47 Å². The Morgan fingerprint density at radius 2 is 2.06 bits per heavy atom. The van der Waals surface area contributed by atoms with E-state index in [0.717, 1.165) is 11.5 Å². The van der Waals surface area contributed by atoms with Crippen LogP contribution in [0.15, 0.2) is 36.7 Å². The lowest BCUT2D eigenvalue weighted by Crippen LogP contribution is -2.05. The summed E-state index contributed by atoms with van der Waals surface area (Å²) in [5.41, 5.74) is 0.783. The normalized spacial score (nSPS) is 16.8. The zero-order chi connectivity index (χ0) is 10.8. The number of ether oxygens (including phenoxy) is 2. The number of rotatable bonds is 2. The third kappa shape index (κ3) is 1.70. The van der Waals surface area contributed by atoms with Crippen LogP contribution in [-0.4, -0.2) is 28.0 Å². The van der Waals surface area contributed by atoms with Gasteiger partial charge in [-0.15, -0.1) is 0 Å². The van der Waals surface area contributed by atoms with E-state index < -0.39 is 0 Å². The lowest BCUT2D eigenvalue weighted by atomic mass is 10.3. The summed E-state index contributed by atoms with van der Waals surface area (Å²) in [7, 11) is 0. The van der Waals surface area contributed by atoms with Crippen molar-refractivity contribution in [3.8, 4) is 5.82 Å². The highest BCUT2D eigenvalue weighted by molar-refractivity contribution is 5.24. The highest BCUT2D eigenvalue weighted by Gasteiger charge is 2.19. The maximum Gasteiger partial charge on any atom is 0.201 e. The number of aromatic nitrogens is 3. The Balaban J connectivity index is 1.93. The van der Waals surface area contributed by atoms with E-state index in [1.165, 1.54) is 0 Å². The van der Waals surface area contributed by atoms with Crippen LogP contribution in [0.2, 0.25) is 0 Å². The molecule has 1 aliphatic rings. The van der Waals surface area contributed by atoms with Crippen LogP contribution < -0.4 is 0 Å². The van der Waals surface area contributed by atoms with Gasteiger partial charge in [0, 0.05) is 12.4 Å². The smallest absolute Gasteiger partial charge is 0.201 e. The molecule has 0 aromatic carbocycles. The highest BCUT2D eigenvalue weighted by Crippen LogP contribution is 2.21. The number of pyridine rings is 1. The molecule has 1 fully saturated rings. The molecule has 3 heterocycles. The lowest BCUT2D eigenvalue weighted by molar-refractivity contribution is -0.0472. The first-order chi connectivity index (χ1) is 7.93. The molecule has 0 unspecified atom stereocenters. The summed E-state index contributed by atoms with van der Waals surface area (Å²) in [5.74, 6) is 0.765. The predicted molar refractivity (Wildman–Crippen MR) is 56.0 cm³/mol. The molecule has 5 nitrogen and oxygen atoms in total. The van der Waals surface area contributed by atoms with Crippen LogP contribution >= 0.6 is 0 Å². The second-order valence-electron chi connectivity index (χ2n) is 3.44. The van der Waals surface area contributed by atoms with Gasteiger partial charge in [0.15, 0.2) is 5.82 Å². The summed E-state index contributed by atoms with van der Waals surface area (Å²) in [4.78, 5) is 4.45. The molecule has 0 amide bonds. The quantitative estimate of drug-likeness (QED) is 0.761. The second kappa shape index (κ2) is 4.03. The summed E-state index contributed by atoms with van der Waals surface area (Å²) in [6, 6.07) is 7.57. The Hall–Kier alpha value is -1.72. The minimum absolute atomic E-state index is 0.337. The van der Waals surface area contributed by atoms with Crippen molar-refractivity contribution in [1.82, 2.24) is 14.8 Å². The van der Waals surface area contributed by atoms with Crippen LogP contribution in [0.5, 0.6) is 0 Å². The van der Waals surface area contributed by atoms with Gasteiger partial charge in [-0.3, -0.25) is 0 Å². The minimum Gasteiger partial charge on any atom is -0.345 e. The molecule has 0 atom stereocenters. The van der Waals surface area contributed by atoms with E-state index in [9.17, 15) is 0 Å². The molecular formula is C11H11N3O2. The van der Waals surface area contributed by atoms with Crippen molar-refractivity contribution in [2.75, 3.05) is 13.2 Å². The molecule has 3 rings (SSSR count). The van der Waals surface area contributed by atoms with Crippen molar-refractivity contribution >= 4 is 0 Å². The van der Waals surface area contributed by atoms with Gasteiger partial charge in [0.1, 0.15) is 0 Å². The molecule has 0 bridgehead atoms. The molecular weight excluding hydrogens is 206 g/mol. The first-order valence-electron chi connectivity index (χ1n) is 5.14. The van der Waals surface area contributed by atoms with Crippen LogP contribution in [0.25, 0.3) is 5.82 Å². The SMILES string of the molecule is c1cc(C2OCCO2)nc(-n2cccn2)c1. The van der Waals surface area contributed by atoms with Gasteiger partial charge in [0.05, 0.1) is 18.9 Å². The minimum atomic E-state index is -0.337. The fourth-order valence-electron chi connectivity index (χ4n) is 1.63. The zero-order valence-corrected chi connectivity index (χ0v) is 8.61. The number of nitrogens with zero attached hydrogens (tertiary/aromatic N) is 3. The van der Waals surface area contributed by atoms with Gasteiger partial charge in [-0.25, -0.2) is 9.67 Å². The summed E-state index contributed by atoms with van der Waals surface area (Å²) in [6.07, 6.45) is 3.23. The average Bonchev–Trinajstić information content (AvgIpc) is 3.03. The summed E-state index contributed by atoms with van der Waals surface area (Å²) in [5, 5.41) is 4.13. The third-order valence-corrected chi connectivity index (χ3v) is 2.36. The van der Waals surface area contributed by atoms with Crippen molar-refractivity contribution in [2.45, 2.75) is 6.29 Å². The van der Waals surface area contributed by atoms with Gasteiger partial charge >= 0.3 is 0 Å². The lowest BCUT2D eigenvalue weighted by Gasteiger charge is -2.09. The van der Waals surface area contributed by atoms with Gasteiger partial charge in [-0.05, 0) is 18.2 Å². The van der Waals surface area contributed by atoms with Gasteiger partial charge in [0.25, 0.3) is 0 Å².